The van der Waals surface area contributed by atoms with Crippen molar-refractivity contribution in [1.29, 1.82) is 0 Å². The Labute approximate surface area is 238 Å². The van der Waals surface area contributed by atoms with Gasteiger partial charge in [-0.1, -0.05) is 73.5 Å². The predicted octanol–water partition coefficient (Wildman–Crippen LogP) is 4.70. The van der Waals surface area contributed by atoms with E-state index in [1.165, 1.54) is 24.1 Å². The number of nitrogens with zero attached hydrogens (tertiary/aromatic N) is 2. The van der Waals surface area contributed by atoms with E-state index >= 15 is 0 Å². The fraction of sp³-hybridized carbons (Fsp3) is 0.355. The summed E-state index contributed by atoms with van der Waals surface area (Å²) in [6.45, 7) is 9.54. The number of benzene rings is 3. The Morgan fingerprint density at radius 2 is 1.45 bits per heavy atom. The monoisotopic (exact) mass is 565 g/mol. The van der Waals surface area contributed by atoms with Crippen LogP contribution in [0.3, 0.4) is 0 Å². The summed E-state index contributed by atoms with van der Waals surface area (Å²) in [6, 6.07) is 19.9. The number of para-hydroxylation sites is 2. The number of hydrogen-bond acceptors (Lipinski definition) is 5. The summed E-state index contributed by atoms with van der Waals surface area (Å²) in [7, 11) is -2.73. The maximum atomic E-state index is 14.0. The minimum Gasteiger partial charge on any atom is -0.495 e. The third-order valence-electron chi connectivity index (χ3n) is 6.57. The van der Waals surface area contributed by atoms with Gasteiger partial charge in [-0.15, -0.1) is 0 Å². The molecule has 0 aliphatic carbocycles. The molecule has 3 rings (SSSR count). The lowest BCUT2D eigenvalue weighted by molar-refractivity contribution is -0.139. The number of methoxy groups -OCH3 is 1. The molecule has 9 heteroatoms. The highest BCUT2D eigenvalue weighted by Gasteiger charge is 2.33. The molecule has 0 aromatic heterocycles. The number of carbonyl (C=O) groups excluding carboxylic acids is 2. The molecule has 0 aliphatic rings. The maximum Gasteiger partial charge on any atom is 0.264 e. The second-order valence-corrected chi connectivity index (χ2v) is 12.2. The molecule has 214 valence electrons. The molecule has 0 saturated heterocycles. The smallest absolute Gasteiger partial charge is 0.264 e. The van der Waals surface area contributed by atoms with Gasteiger partial charge >= 0.3 is 0 Å². The summed E-state index contributed by atoms with van der Waals surface area (Å²) in [4.78, 5) is 28.6. The van der Waals surface area contributed by atoms with Gasteiger partial charge in [0.2, 0.25) is 11.8 Å². The van der Waals surface area contributed by atoms with Crippen molar-refractivity contribution >= 4 is 27.5 Å². The van der Waals surface area contributed by atoms with Crippen molar-refractivity contribution in [1.82, 2.24) is 10.2 Å². The zero-order valence-corrected chi connectivity index (χ0v) is 24.9. The van der Waals surface area contributed by atoms with Crippen molar-refractivity contribution in [3.05, 3.63) is 89.5 Å². The van der Waals surface area contributed by atoms with Gasteiger partial charge in [-0.05, 0) is 56.5 Å². The molecule has 1 unspecified atom stereocenters. The number of anilines is 1. The zero-order valence-electron chi connectivity index (χ0n) is 24.0. The Morgan fingerprint density at radius 3 is 2.02 bits per heavy atom. The lowest BCUT2D eigenvalue weighted by atomic mass is 10.1. The Kier molecular flexibility index (Phi) is 10.3. The molecule has 3 aromatic carbocycles. The first-order chi connectivity index (χ1) is 18.9. The minimum absolute atomic E-state index is 0.0459. The SMILES string of the molecule is COc1ccccc1N(CC(=O)N(Cc1ccc(C)cc1)C(C)C(=O)NCC(C)C)S(=O)(=O)c1ccc(C)cc1. The quantitative estimate of drug-likeness (QED) is 0.344. The number of hydrogen-bond donors (Lipinski definition) is 1. The molecule has 0 aliphatic heterocycles. The molecule has 2 amide bonds. The van der Waals surface area contributed by atoms with Crippen LogP contribution in [0.4, 0.5) is 5.69 Å². The number of sulfonamides is 1. The highest BCUT2D eigenvalue weighted by molar-refractivity contribution is 7.92. The van der Waals surface area contributed by atoms with Gasteiger partial charge in [-0.25, -0.2) is 8.42 Å². The van der Waals surface area contributed by atoms with Crippen LogP contribution < -0.4 is 14.4 Å². The van der Waals surface area contributed by atoms with Crippen LogP contribution in [-0.4, -0.2) is 51.4 Å². The van der Waals surface area contributed by atoms with Crippen molar-refractivity contribution in [3.63, 3.8) is 0 Å². The largest absolute Gasteiger partial charge is 0.495 e. The van der Waals surface area contributed by atoms with Crippen LogP contribution in [0.2, 0.25) is 0 Å². The van der Waals surface area contributed by atoms with E-state index in [0.717, 1.165) is 21.0 Å². The van der Waals surface area contributed by atoms with Crippen LogP contribution in [0.1, 0.15) is 37.5 Å². The fourth-order valence-electron chi connectivity index (χ4n) is 4.11. The highest BCUT2D eigenvalue weighted by atomic mass is 32.2. The molecule has 3 aromatic rings. The van der Waals surface area contributed by atoms with Crippen LogP contribution in [0.25, 0.3) is 0 Å². The van der Waals surface area contributed by atoms with E-state index in [1.54, 1.807) is 43.3 Å². The number of ether oxygens (including phenoxy) is 1. The zero-order chi connectivity index (χ0) is 29.4. The van der Waals surface area contributed by atoms with Crippen molar-refractivity contribution in [2.75, 3.05) is 24.5 Å². The summed E-state index contributed by atoms with van der Waals surface area (Å²) in [5, 5.41) is 2.89. The summed E-state index contributed by atoms with van der Waals surface area (Å²) >= 11 is 0. The van der Waals surface area contributed by atoms with Gasteiger partial charge in [0.15, 0.2) is 0 Å². The Balaban J connectivity index is 2.04. The van der Waals surface area contributed by atoms with Gasteiger partial charge < -0.3 is 15.0 Å². The number of rotatable bonds is 12. The second kappa shape index (κ2) is 13.5. The van der Waals surface area contributed by atoms with Gasteiger partial charge in [0, 0.05) is 13.1 Å². The van der Waals surface area contributed by atoms with Gasteiger partial charge in [0.25, 0.3) is 10.0 Å². The molecule has 8 nitrogen and oxygen atoms in total. The Hall–Kier alpha value is -3.85. The lowest BCUT2D eigenvalue weighted by Gasteiger charge is -2.32. The molecule has 0 saturated carbocycles. The molecule has 0 bridgehead atoms. The summed E-state index contributed by atoms with van der Waals surface area (Å²) in [6.07, 6.45) is 0. The molecule has 0 fully saturated rings. The summed E-state index contributed by atoms with van der Waals surface area (Å²) in [5.41, 5.74) is 3.03. The van der Waals surface area contributed by atoms with Crippen molar-refractivity contribution in [2.24, 2.45) is 5.92 Å². The number of nitrogens with one attached hydrogen (secondary N) is 1. The van der Waals surface area contributed by atoms with E-state index < -0.39 is 28.5 Å². The third-order valence-corrected chi connectivity index (χ3v) is 8.34. The summed E-state index contributed by atoms with van der Waals surface area (Å²) < 4.78 is 34.5. The van der Waals surface area contributed by atoms with Gasteiger partial charge in [-0.3, -0.25) is 13.9 Å². The lowest BCUT2D eigenvalue weighted by Crippen LogP contribution is -2.51. The topological polar surface area (TPSA) is 96.0 Å². The molecule has 1 N–H and O–H groups in total. The average molecular weight is 566 g/mol. The Bertz CT molecular complexity index is 1400. The van der Waals surface area contributed by atoms with Crippen LogP contribution >= 0.6 is 0 Å². The first-order valence-electron chi connectivity index (χ1n) is 13.3. The normalized spacial score (nSPS) is 12.1. The van der Waals surface area contributed by atoms with E-state index in [0.29, 0.717) is 12.3 Å². The Morgan fingerprint density at radius 1 is 0.875 bits per heavy atom. The van der Waals surface area contributed by atoms with E-state index in [9.17, 15) is 18.0 Å². The number of aryl methyl sites for hydroxylation is 2. The van der Waals surface area contributed by atoms with E-state index in [2.05, 4.69) is 5.32 Å². The number of amides is 2. The minimum atomic E-state index is -4.17. The van der Waals surface area contributed by atoms with Crippen molar-refractivity contribution < 1.29 is 22.7 Å². The van der Waals surface area contributed by atoms with Gasteiger partial charge in [0.1, 0.15) is 18.3 Å². The molecule has 40 heavy (non-hydrogen) atoms. The first kappa shape index (κ1) is 30.7. The predicted molar refractivity (Wildman–Crippen MR) is 158 cm³/mol. The van der Waals surface area contributed by atoms with E-state index in [1.807, 2.05) is 52.0 Å². The van der Waals surface area contributed by atoms with Crippen LogP contribution in [-0.2, 0) is 26.2 Å². The van der Waals surface area contributed by atoms with Crippen molar-refractivity contribution in [3.8, 4) is 5.75 Å². The van der Waals surface area contributed by atoms with Crippen molar-refractivity contribution in [2.45, 2.75) is 52.1 Å². The number of carbonyl (C=O) groups is 2. The van der Waals surface area contributed by atoms with E-state index in [-0.39, 0.29) is 29.0 Å². The first-order valence-corrected chi connectivity index (χ1v) is 14.7. The van der Waals surface area contributed by atoms with Crippen LogP contribution in [0, 0.1) is 19.8 Å². The molecule has 0 radical (unpaired) electrons. The standard InChI is InChI=1S/C31H39N3O5S/c1-22(2)19-32-31(36)25(5)33(20-26-15-11-23(3)12-16-26)30(35)21-34(28-9-7-8-10-29(28)39-6)40(37,38)27-17-13-24(4)14-18-27/h7-18,22,25H,19-21H2,1-6H3,(H,32,36). The molecular weight excluding hydrogens is 526 g/mol. The molecule has 0 heterocycles. The molecule has 0 spiro atoms. The average Bonchev–Trinajstić information content (AvgIpc) is 2.93. The fourth-order valence-corrected chi connectivity index (χ4v) is 5.54. The molecule has 1 atom stereocenters. The summed E-state index contributed by atoms with van der Waals surface area (Å²) in [5.74, 6) is -0.286. The van der Waals surface area contributed by atoms with Gasteiger partial charge in [0.05, 0.1) is 17.7 Å². The van der Waals surface area contributed by atoms with Crippen LogP contribution in [0.15, 0.2) is 77.7 Å². The third kappa shape index (κ3) is 7.63. The van der Waals surface area contributed by atoms with Crippen LogP contribution in [0.5, 0.6) is 5.75 Å². The van der Waals surface area contributed by atoms with Gasteiger partial charge in [-0.2, -0.15) is 0 Å². The maximum absolute atomic E-state index is 14.0. The second-order valence-electron chi connectivity index (χ2n) is 10.3. The van der Waals surface area contributed by atoms with E-state index in [4.69, 9.17) is 4.74 Å². The highest BCUT2D eigenvalue weighted by Crippen LogP contribution is 2.32. The molecular formula is C31H39N3O5S.